The van der Waals surface area contributed by atoms with Crippen LogP contribution in [-0.2, 0) is 19.4 Å². The molecule has 5 aromatic rings. The van der Waals surface area contributed by atoms with Crippen molar-refractivity contribution < 1.29 is 9.90 Å². The number of benzene rings is 1. The maximum Gasteiger partial charge on any atom is 0.168 e. The van der Waals surface area contributed by atoms with Crippen LogP contribution in [0.1, 0.15) is 33.6 Å². The zero-order valence-corrected chi connectivity index (χ0v) is 23.2. The van der Waals surface area contributed by atoms with Gasteiger partial charge in [0.05, 0.1) is 24.4 Å². The minimum atomic E-state index is -0.0842. The number of carbonyl (C=O) groups is 1. The summed E-state index contributed by atoms with van der Waals surface area (Å²) >= 11 is 0. The van der Waals surface area contributed by atoms with Gasteiger partial charge in [0.1, 0.15) is 11.3 Å². The topological polar surface area (TPSA) is 173 Å². The predicted molar refractivity (Wildman–Crippen MR) is 163 cm³/mol. The molecule has 214 valence electrons. The third kappa shape index (κ3) is 5.86. The van der Waals surface area contributed by atoms with E-state index in [2.05, 4.69) is 49.0 Å². The van der Waals surface area contributed by atoms with Crippen LogP contribution in [0.15, 0.2) is 72.1 Å². The molecule has 6 N–H and O–H groups in total. The Kier molecular flexibility index (Phi) is 8.87. The van der Waals surface area contributed by atoms with Crippen LogP contribution in [0.3, 0.4) is 0 Å². The molecule has 1 aromatic carbocycles. The molecule has 1 aliphatic carbocycles. The Morgan fingerprint density at radius 2 is 1.88 bits per heavy atom. The number of aliphatic hydroxyl groups is 1. The number of nitrogens with one attached hydrogen (secondary N) is 1. The van der Waals surface area contributed by atoms with Crippen molar-refractivity contribution in [2.24, 2.45) is 10.8 Å². The number of hydrogen-bond acceptors (Lipinski definition) is 11. The first-order valence-corrected chi connectivity index (χ1v) is 13.5. The lowest BCUT2D eigenvalue weighted by molar-refractivity contribution is 0.112. The van der Waals surface area contributed by atoms with Gasteiger partial charge in [0.2, 0.25) is 0 Å². The number of rotatable bonds is 5. The van der Waals surface area contributed by atoms with Gasteiger partial charge >= 0.3 is 0 Å². The minimum Gasteiger partial charge on any atom is -0.390 e. The molecule has 2 aliphatic rings. The van der Waals surface area contributed by atoms with Gasteiger partial charge in [0.15, 0.2) is 23.6 Å². The number of aryl methyl sites for hydroxylation is 2. The smallest absolute Gasteiger partial charge is 0.168 e. The van der Waals surface area contributed by atoms with Gasteiger partial charge < -0.3 is 16.6 Å². The van der Waals surface area contributed by atoms with Crippen LogP contribution in [0.25, 0.3) is 28.2 Å². The number of nitrogens with zero attached hydrogens (tertiary/aromatic N) is 7. The molecule has 7 rings (SSSR count). The van der Waals surface area contributed by atoms with Gasteiger partial charge in [-0.25, -0.2) is 20.4 Å². The summed E-state index contributed by atoms with van der Waals surface area (Å²) in [5.41, 5.74) is 21.2. The fraction of sp³-hybridized carbons (Fsp3) is 0.200. The Morgan fingerprint density at radius 1 is 1.02 bits per heavy atom. The van der Waals surface area contributed by atoms with Crippen LogP contribution >= 0.6 is 0 Å². The summed E-state index contributed by atoms with van der Waals surface area (Å²) in [6.07, 6.45) is 9.09. The number of anilines is 2. The fourth-order valence-electron chi connectivity index (χ4n) is 4.82. The van der Waals surface area contributed by atoms with E-state index < -0.39 is 0 Å². The molecule has 12 heteroatoms. The quantitative estimate of drug-likeness (QED) is 0.232. The standard InChI is InChI=1S/C22H20N8.C7H7NO2.CH5N/c23-20-17(5-2-10-24-20)21-27-18-8-9-19(30-25-11-12-26-30)28-22(18)29(21)16-7-6-14-3-1-4-15(14)13-16;9-4-6-1-2-7(5-10)8-3-6;1-2/h2,5-11,13,26H,1,3-4,12H2,(H2,23,24);1-4,10H,5H2;2H2,1H3. The van der Waals surface area contributed by atoms with Crippen molar-refractivity contribution in [3.8, 4) is 17.1 Å². The maximum atomic E-state index is 10.1. The van der Waals surface area contributed by atoms with E-state index >= 15 is 0 Å². The van der Waals surface area contributed by atoms with Crippen molar-refractivity contribution in [1.29, 1.82) is 0 Å². The van der Waals surface area contributed by atoms with Gasteiger partial charge in [-0.05, 0) is 86.0 Å². The van der Waals surface area contributed by atoms with E-state index in [4.69, 9.17) is 20.8 Å². The molecule has 12 nitrogen and oxygen atoms in total. The van der Waals surface area contributed by atoms with Crippen molar-refractivity contribution in [2.45, 2.75) is 25.9 Å². The van der Waals surface area contributed by atoms with Crippen molar-refractivity contribution in [3.63, 3.8) is 0 Å². The molecular weight excluding hydrogens is 532 g/mol. The number of nitrogen functional groups attached to an aromatic ring is 1. The van der Waals surface area contributed by atoms with E-state index in [-0.39, 0.29) is 6.61 Å². The highest BCUT2D eigenvalue weighted by atomic mass is 16.3. The molecule has 42 heavy (non-hydrogen) atoms. The first-order valence-electron chi connectivity index (χ1n) is 13.5. The number of hydrazine groups is 1. The Hall–Kier alpha value is -5.04. The molecular formula is C30H32N10O2. The van der Waals surface area contributed by atoms with Gasteiger partial charge in [-0.15, -0.1) is 0 Å². The number of aliphatic hydroxyl groups excluding tert-OH is 1. The van der Waals surface area contributed by atoms with Crippen molar-refractivity contribution in [1.82, 2.24) is 29.9 Å². The lowest BCUT2D eigenvalue weighted by atomic mass is 10.1. The summed E-state index contributed by atoms with van der Waals surface area (Å²) in [5, 5.41) is 14.5. The highest BCUT2D eigenvalue weighted by Gasteiger charge is 2.21. The first kappa shape index (κ1) is 28.5. The highest BCUT2D eigenvalue weighted by Crippen LogP contribution is 2.33. The average Bonchev–Trinajstić information content (AvgIpc) is 3.82. The number of imidazole rings is 1. The number of hydrazone groups is 1. The molecule has 0 amide bonds. The van der Waals surface area contributed by atoms with E-state index in [0.29, 0.717) is 35.7 Å². The van der Waals surface area contributed by atoms with Crippen molar-refractivity contribution >= 4 is 35.3 Å². The zero-order valence-electron chi connectivity index (χ0n) is 23.2. The molecule has 0 spiro atoms. The van der Waals surface area contributed by atoms with Crippen LogP contribution in [0.4, 0.5) is 11.6 Å². The molecule has 5 heterocycles. The Bertz CT molecular complexity index is 1720. The summed E-state index contributed by atoms with van der Waals surface area (Å²) in [5.74, 6) is 1.89. The third-order valence-electron chi connectivity index (χ3n) is 6.80. The molecule has 0 bridgehead atoms. The Balaban J connectivity index is 0.000000249. The first-order chi connectivity index (χ1) is 20.6. The van der Waals surface area contributed by atoms with Gasteiger partial charge in [-0.3, -0.25) is 14.3 Å². The number of fused-ring (bicyclic) bond motifs is 2. The molecule has 0 fully saturated rings. The maximum absolute atomic E-state index is 10.1. The summed E-state index contributed by atoms with van der Waals surface area (Å²) in [6.45, 7) is 0.598. The SMILES string of the molecule is CN.Nc1ncccc1-c1nc2ccc(N3N=CCN3)nc2n1-c1ccc2c(c1)CCC2.O=Cc1ccc(CO)nc1. The zero-order chi connectivity index (χ0) is 29.5. The number of carbonyl (C=O) groups excluding carboxylic acids is 1. The van der Waals surface area contributed by atoms with Crippen molar-refractivity contribution in [2.75, 3.05) is 24.4 Å². The summed E-state index contributed by atoms with van der Waals surface area (Å²) in [7, 11) is 1.50. The number of hydrogen-bond donors (Lipinski definition) is 4. The summed E-state index contributed by atoms with van der Waals surface area (Å²) in [6, 6.07) is 17.5. The van der Waals surface area contributed by atoms with E-state index in [9.17, 15) is 4.79 Å². The molecule has 0 unspecified atom stereocenters. The lowest BCUT2D eigenvalue weighted by Crippen LogP contribution is -2.29. The summed E-state index contributed by atoms with van der Waals surface area (Å²) in [4.78, 5) is 27.9. The normalized spacial score (nSPS) is 13.3. The van der Waals surface area contributed by atoms with Gasteiger partial charge in [0, 0.05) is 29.9 Å². The minimum absolute atomic E-state index is 0.0842. The molecule has 1 aliphatic heterocycles. The van der Waals surface area contributed by atoms with E-state index in [1.54, 1.807) is 23.4 Å². The predicted octanol–water partition coefficient (Wildman–Crippen LogP) is 2.83. The van der Waals surface area contributed by atoms with E-state index in [0.717, 1.165) is 41.1 Å². The fourth-order valence-corrected chi connectivity index (χ4v) is 4.82. The van der Waals surface area contributed by atoms with Crippen molar-refractivity contribution in [3.05, 3.63) is 89.4 Å². The monoisotopic (exact) mass is 564 g/mol. The molecule has 0 saturated carbocycles. The van der Waals surface area contributed by atoms with Crippen LogP contribution in [0.5, 0.6) is 0 Å². The lowest BCUT2D eigenvalue weighted by Gasteiger charge is -2.14. The number of pyridine rings is 3. The van der Waals surface area contributed by atoms with Crippen LogP contribution < -0.4 is 22.0 Å². The summed E-state index contributed by atoms with van der Waals surface area (Å²) < 4.78 is 2.07. The molecule has 4 aromatic heterocycles. The van der Waals surface area contributed by atoms with E-state index in [1.165, 1.54) is 30.8 Å². The third-order valence-corrected chi connectivity index (χ3v) is 6.80. The number of nitrogens with two attached hydrogens (primary N) is 2. The number of aldehydes is 1. The second-order valence-electron chi connectivity index (χ2n) is 9.36. The Labute approximate surface area is 242 Å². The second-order valence-corrected chi connectivity index (χ2v) is 9.36. The van der Waals surface area contributed by atoms with E-state index in [1.807, 2.05) is 30.5 Å². The largest absolute Gasteiger partial charge is 0.390 e. The van der Waals surface area contributed by atoms with Crippen LogP contribution in [-0.4, -0.2) is 55.7 Å². The van der Waals surface area contributed by atoms with Gasteiger partial charge in [-0.1, -0.05) is 6.07 Å². The van der Waals surface area contributed by atoms with Gasteiger partial charge in [0.25, 0.3) is 0 Å². The Morgan fingerprint density at radius 3 is 2.60 bits per heavy atom. The van der Waals surface area contributed by atoms with Crippen LogP contribution in [0.2, 0.25) is 0 Å². The van der Waals surface area contributed by atoms with Crippen LogP contribution in [0, 0.1) is 0 Å². The van der Waals surface area contributed by atoms with Gasteiger partial charge in [-0.2, -0.15) is 10.2 Å². The molecule has 0 atom stereocenters. The average molecular weight is 565 g/mol. The highest BCUT2D eigenvalue weighted by molar-refractivity contribution is 5.84. The second kappa shape index (κ2) is 13.1. The number of aromatic nitrogens is 5. The molecule has 0 radical (unpaired) electrons. The molecule has 0 saturated heterocycles.